The van der Waals surface area contributed by atoms with Gasteiger partial charge < -0.3 is 10.6 Å². The molecule has 1 aliphatic carbocycles. The van der Waals surface area contributed by atoms with E-state index in [0.717, 1.165) is 23.7 Å². The number of carbonyl (C=O) groups is 1. The normalized spacial score (nSPS) is 17.9. The van der Waals surface area contributed by atoms with Gasteiger partial charge in [0.2, 0.25) is 11.0 Å². The molecule has 1 atom stereocenters. The third kappa shape index (κ3) is 3.85. The summed E-state index contributed by atoms with van der Waals surface area (Å²) in [5.74, 6) is 0.207. The van der Waals surface area contributed by atoms with Crippen molar-refractivity contribution >= 4 is 34.1 Å². The number of nitrogens with two attached hydrogens (primary N) is 1. The van der Waals surface area contributed by atoms with Crippen molar-refractivity contribution in [3.63, 3.8) is 0 Å². The fourth-order valence-electron chi connectivity index (χ4n) is 2.69. The van der Waals surface area contributed by atoms with E-state index in [0.29, 0.717) is 11.2 Å². The van der Waals surface area contributed by atoms with Crippen molar-refractivity contribution in [1.82, 2.24) is 15.1 Å². The third-order valence-electron chi connectivity index (χ3n) is 3.69. The molecule has 112 valence electrons. The largest absolute Gasteiger partial charge is 0.374 e. The van der Waals surface area contributed by atoms with Gasteiger partial charge in [-0.15, -0.1) is 10.2 Å². The van der Waals surface area contributed by atoms with E-state index in [2.05, 4.69) is 17.1 Å². The molecule has 20 heavy (non-hydrogen) atoms. The molecule has 1 heterocycles. The zero-order valence-electron chi connectivity index (χ0n) is 12.0. The van der Waals surface area contributed by atoms with Gasteiger partial charge in [0.15, 0.2) is 4.34 Å². The fraction of sp³-hybridized carbons (Fsp3) is 0.769. The first-order valence-corrected chi connectivity index (χ1v) is 8.87. The Bertz CT molecular complexity index is 445. The van der Waals surface area contributed by atoms with Crippen LogP contribution in [0.4, 0.5) is 5.13 Å². The van der Waals surface area contributed by atoms with Crippen molar-refractivity contribution in [2.24, 2.45) is 0 Å². The Morgan fingerprint density at radius 3 is 2.70 bits per heavy atom. The highest BCUT2D eigenvalue weighted by Crippen LogP contribution is 2.30. The summed E-state index contributed by atoms with van der Waals surface area (Å²) in [6.45, 7) is 4.79. The van der Waals surface area contributed by atoms with Crippen molar-refractivity contribution < 1.29 is 4.79 Å². The van der Waals surface area contributed by atoms with Crippen LogP contribution in [-0.2, 0) is 4.79 Å². The SMILES string of the molecule is CCN(C(=O)[C@@H](C)Sc1nnc(N)s1)C1CCCCC1. The number of thioether (sulfide) groups is 1. The average Bonchev–Trinajstić information content (AvgIpc) is 2.86. The number of anilines is 1. The molecule has 0 bridgehead atoms. The maximum atomic E-state index is 12.6. The number of hydrogen-bond donors (Lipinski definition) is 1. The lowest BCUT2D eigenvalue weighted by molar-refractivity contribution is -0.133. The van der Waals surface area contributed by atoms with Gasteiger partial charge in [-0.25, -0.2) is 0 Å². The predicted molar refractivity (Wildman–Crippen MR) is 83.9 cm³/mol. The van der Waals surface area contributed by atoms with Crippen molar-refractivity contribution in [2.75, 3.05) is 12.3 Å². The minimum absolute atomic E-state index is 0.135. The minimum Gasteiger partial charge on any atom is -0.374 e. The number of aromatic nitrogens is 2. The number of amides is 1. The highest BCUT2D eigenvalue weighted by Gasteiger charge is 2.28. The summed E-state index contributed by atoms with van der Waals surface area (Å²) >= 11 is 2.79. The van der Waals surface area contributed by atoms with Gasteiger partial charge in [0.25, 0.3) is 0 Å². The topological polar surface area (TPSA) is 72.1 Å². The highest BCUT2D eigenvalue weighted by molar-refractivity contribution is 8.02. The van der Waals surface area contributed by atoms with Crippen LogP contribution in [0.2, 0.25) is 0 Å². The Kier molecular flexibility index (Phi) is 5.65. The van der Waals surface area contributed by atoms with Crippen molar-refractivity contribution in [3.05, 3.63) is 0 Å². The minimum atomic E-state index is -0.135. The van der Waals surface area contributed by atoms with Crippen LogP contribution in [0.1, 0.15) is 46.0 Å². The molecule has 0 spiro atoms. The summed E-state index contributed by atoms with van der Waals surface area (Å²) in [7, 11) is 0. The first kappa shape index (κ1) is 15.6. The third-order valence-corrected chi connectivity index (χ3v) is 5.61. The van der Waals surface area contributed by atoms with Crippen LogP contribution in [0.5, 0.6) is 0 Å². The number of rotatable bonds is 5. The Morgan fingerprint density at radius 2 is 2.15 bits per heavy atom. The van der Waals surface area contributed by atoms with Crippen LogP contribution in [0.3, 0.4) is 0 Å². The van der Waals surface area contributed by atoms with E-state index in [9.17, 15) is 4.79 Å². The van der Waals surface area contributed by atoms with E-state index in [-0.39, 0.29) is 11.2 Å². The first-order valence-electron chi connectivity index (χ1n) is 7.18. The lowest BCUT2D eigenvalue weighted by atomic mass is 9.94. The number of nitrogens with zero attached hydrogens (tertiary/aromatic N) is 3. The van der Waals surface area contributed by atoms with Gasteiger partial charge in [-0.1, -0.05) is 42.4 Å². The van der Waals surface area contributed by atoms with Gasteiger partial charge in [0.1, 0.15) is 0 Å². The summed E-state index contributed by atoms with van der Waals surface area (Å²) in [6.07, 6.45) is 6.06. The molecule has 0 aromatic carbocycles. The molecule has 2 rings (SSSR count). The van der Waals surface area contributed by atoms with Crippen LogP contribution >= 0.6 is 23.1 Å². The van der Waals surface area contributed by atoms with E-state index >= 15 is 0 Å². The molecule has 1 aromatic rings. The summed E-state index contributed by atoms with van der Waals surface area (Å²) in [5.41, 5.74) is 5.57. The maximum Gasteiger partial charge on any atom is 0.236 e. The zero-order valence-corrected chi connectivity index (χ0v) is 13.7. The molecule has 0 saturated heterocycles. The van der Waals surface area contributed by atoms with Gasteiger partial charge in [-0.3, -0.25) is 4.79 Å². The maximum absolute atomic E-state index is 12.6. The van der Waals surface area contributed by atoms with Crippen LogP contribution < -0.4 is 5.73 Å². The van der Waals surface area contributed by atoms with Crippen LogP contribution in [0.25, 0.3) is 0 Å². The van der Waals surface area contributed by atoms with E-state index in [1.165, 1.54) is 42.4 Å². The molecule has 0 aliphatic heterocycles. The number of carbonyl (C=O) groups excluding carboxylic acids is 1. The van der Waals surface area contributed by atoms with Crippen molar-refractivity contribution in [1.29, 1.82) is 0 Å². The lowest BCUT2D eigenvalue weighted by Gasteiger charge is -2.35. The first-order chi connectivity index (χ1) is 9.61. The predicted octanol–water partition coefficient (Wildman–Crippen LogP) is 2.78. The molecule has 1 saturated carbocycles. The van der Waals surface area contributed by atoms with Gasteiger partial charge in [-0.2, -0.15) is 0 Å². The highest BCUT2D eigenvalue weighted by atomic mass is 32.2. The standard InChI is InChI=1S/C13H22N4OS2/c1-3-17(10-7-5-4-6-8-10)11(18)9(2)19-13-16-15-12(14)20-13/h9-10H,3-8H2,1-2H3,(H2,14,15)/t9-/m1/s1. The van der Waals surface area contributed by atoms with E-state index < -0.39 is 0 Å². The molecule has 1 fully saturated rings. The Hall–Kier alpha value is -0.820. The summed E-state index contributed by atoms with van der Waals surface area (Å²) in [4.78, 5) is 14.7. The molecule has 2 N–H and O–H groups in total. The molecular formula is C13H22N4OS2. The monoisotopic (exact) mass is 314 g/mol. The van der Waals surface area contributed by atoms with Crippen LogP contribution in [0.15, 0.2) is 4.34 Å². The van der Waals surface area contributed by atoms with Gasteiger partial charge in [0.05, 0.1) is 5.25 Å². The van der Waals surface area contributed by atoms with Crippen molar-refractivity contribution in [2.45, 2.75) is 61.6 Å². The van der Waals surface area contributed by atoms with E-state index in [1.807, 2.05) is 11.8 Å². The summed E-state index contributed by atoms with van der Waals surface area (Å²) < 4.78 is 0.767. The Balaban J connectivity index is 1.96. The summed E-state index contributed by atoms with van der Waals surface area (Å²) in [5, 5.41) is 8.07. The van der Waals surface area contributed by atoms with Gasteiger partial charge in [-0.05, 0) is 26.7 Å². The molecule has 1 amide bonds. The Morgan fingerprint density at radius 1 is 1.45 bits per heavy atom. The number of hydrogen-bond acceptors (Lipinski definition) is 6. The molecule has 1 aromatic heterocycles. The van der Waals surface area contributed by atoms with E-state index in [1.54, 1.807) is 0 Å². The Labute approximate surface area is 128 Å². The second-order valence-electron chi connectivity index (χ2n) is 5.08. The second-order valence-corrected chi connectivity index (χ2v) is 7.68. The molecule has 0 radical (unpaired) electrons. The lowest BCUT2D eigenvalue weighted by Crippen LogP contribution is -2.44. The van der Waals surface area contributed by atoms with Crippen LogP contribution in [-0.4, -0.2) is 38.8 Å². The zero-order chi connectivity index (χ0) is 14.5. The molecule has 5 nitrogen and oxygen atoms in total. The fourth-order valence-corrected chi connectivity index (χ4v) is 4.54. The average molecular weight is 314 g/mol. The molecule has 7 heteroatoms. The van der Waals surface area contributed by atoms with Gasteiger partial charge >= 0.3 is 0 Å². The smallest absolute Gasteiger partial charge is 0.236 e. The van der Waals surface area contributed by atoms with E-state index in [4.69, 9.17) is 5.73 Å². The molecular weight excluding hydrogens is 292 g/mol. The summed E-state index contributed by atoms with van der Waals surface area (Å²) in [6, 6.07) is 0.420. The number of nitrogen functional groups attached to an aromatic ring is 1. The molecule has 1 aliphatic rings. The van der Waals surface area contributed by atoms with Crippen molar-refractivity contribution in [3.8, 4) is 0 Å². The molecule has 0 unspecified atom stereocenters. The second kappa shape index (κ2) is 7.26. The quantitative estimate of drug-likeness (QED) is 0.846. The van der Waals surface area contributed by atoms with Crippen LogP contribution in [0, 0.1) is 0 Å². The van der Waals surface area contributed by atoms with Gasteiger partial charge in [0, 0.05) is 12.6 Å².